The van der Waals surface area contributed by atoms with Crippen LogP contribution in [-0.2, 0) is 0 Å². The SMILES string of the molecule is CN1CCN(c2ccc(C(=O)CCN3CCCCC3)cc2[N+](=O)[O-])CC1. The minimum atomic E-state index is -0.366. The molecule has 0 bridgehead atoms. The van der Waals surface area contributed by atoms with Crippen molar-refractivity contribution in [1.82, 2.24) is 9.80 Å². The van der Waals surface area contributed by atoms with Crippen LogP contribution in [0.15, 0.2) is 18.2 Å². The minimum absolute atomic E-state index is 0.0106. The van der Waals surface area contributed by atoms with Gasteiger partial charge in [0.05, 0.1) is 4.92 Å². The van der Waals surface area contributed by atoms with Crippen LogP contribution in [0.1, 0.15) is 36.0 Å². The highest BCUT2D eigenvalue weighted by molar-refractivity contribution is 5.97. The van der Waals surface area contributed by atoms with Crippen LogP contribution in [0.2, 0.25) is 0 Å². The number of piperazine rings is 1. The fraction of sp³-hybridized carbons (Fsp3) is 0.632. The molecule has 1 aromatic rings. The second-order valence-corrected chi connectivity index (χ2v) is 7.33. The predicted molar refractivity (Wildman–Crippen MR) is 102 cm³/mol. The molecule has 2 aliphatic rings. The topological polar surface area (TPSA) is 69.9 Å². The third kappa shape index (κ3) is 4.59. The number of carbonyl (C=O) groups is 1. The van der Waals surface area contributed by atoms with Gasteiger partial charge in [0.25, 0.3) is 5.69 Å². The first-order chi connectivity index (χ1) is 12.5. The Kier molecular flexibility index (Phi) is 6.21. The summed E-state index contributed by atoms with van der Waals surface area (Å²) >= 11 is 0. The van der Waals surface area contributed by atoms with Crippen LogP contribution >= 0.6 is 0 Å². The van der Waals surface area contributed by atoms with E-state index >= 15 is 0 Å². The molecule has 0 unspecified atom stereocenters. The van der Waals surface area contributed by atoms with Crippen LogP contribution < -0.4 is 4.90 Å². The Labute approximate surface area is 154 Å². The summed E-state index contributed by atoms with van der Waals surface area (Å²) in [6.07, 6.45) is 4.08. The molecule has 26 heavy (non-hydrogen) atoms. The van der Waals surface area contributed by atoms with E-state index in [1.54, 1.807) is 12.1 Å². The molecule has 0 N–H and O–H groups in total. The Balaban J connectivity index is 1.69. The molecule has 0 amide bonds. The van der Waals surface area contributed by atoms with Gasteiger partial charge in [-0.05, 0) is 45.1 Å². The fourth-order valence-corrected chi connectivity index (χ4v) is 3.74. The van der Waals surface area contributed by atoms with Crippen molar-refractivity contribution in [3.63, 3.8) is 0 Å². The Morgan fingerprint density at radius 3 is 2.42 bits per heavy atom. The molecule has 142 valence electrons. The van der Waals surface area contributed by atoms with Gasteiger partial charge in [0, 0.05) is 50.8 Å². The van der Waals surface area contributed by atoms with Gasteiger partial charge in [-0.1, -0.05) is 6.42 Å². The highest BCUT2D eigenvalue weighted by Gasteiger charge is 2.24. The third-order valence-electron chi connectivity index (χ3n) is 5.44. The predicted octanol–water partition coefficient (Wildman–Crippen LogP) is 2.41. The maximum Gasteiger partial charge on any atom is 0.293 e. The molecule has 2 fully saturated rings. The van der Waals surface area contributed by atoms with E-state index in [4.69, 9.17) is 0 Å². The number of anilines is 1. The number of benzene rings is 1. The lowest BCUT2D eigenvalue weighted by Gasteiger charge is -2.33. The zero-order chi connectivity index (χ0) is 18.5. The number of nitro benzene ring substituents is 1. The lowest BCUT2D eigenvalue weighted by molar-refractivity contribution is -0.384. The van der Waals surface area contributed by atoms with E-state index in [1.165, 1.54) is 25.3 Å². The van der Waals surface area contributed by atoms with Crippen LogP contribution in [0, 0.1) is 10.1 Å². The van der Waals surface area contributed by atoms with Gasteiger partial charge in [0.2, 0.25) is 0 Å². The number of nitrogens with zero attached hydrogens (tertiary/aromatic N) is 4. The Morgan fingerprint density at radius 2 is 1.77 bits per heavy atom. The summed E-state index contributed by atoms with van der Waals surface area (Å²) in [5, 5.41) is 11.6. The second-order valence-electron chi connectivity index (χ2n) is 7.33. The van der Waals surface area contributed by atoms with E-state index in [9.17, 15) is 14.9 Å². The Morgan fingerprint density at radius 1 is 1.08 bits per heavy atom. The van der Waals surface area contributed by atoms with Crippen molar-refractivity contribution < 1.29 is 9.72 Å². The van der Waals surface area contributed by atoms with Crippen molar-refractivity contribution in [1.29, 1.82) is 0 Å². The lowest BCUT2D eigenvalue weighted by Crippen LogP contribution is -2.44. The number of piperidine rings is 1. The number of likely N-dealkylation sites (tertiary alicyclic amines) is 1. The first kappa shape index (κ1) is 18.8. The zero-order valence-corrected chi connectivity index (χ0v) is 15.5. The number of hydrogen-bond donors (Lipinski definition) is 0. The molecule has 0 atom stereocenters. The summed E-state index contributed by atoms with van der Waals surface area (Å²) in [5.41, 5.74) is 1.11. The summed E-state index contributed by atoms with van der Waals surface area (Å²) in [5.74, 6) is -0.0106. The van der Waals surface area contributed by atoms with Crippen molar-refractivity contribution in [2.24, 2.45) is 0 Å². The number of carbonyl (C=O) groups excluding carboxylic acids is 1. The van der Waals surface area contributed by atoms with Crippen LogP contribution in [0.4, 0.5) is 11.4 Å². The molecule has 0 aromatic heterocycles. The standard InChI is InChI=1S/C19H28N4O3/c1-20-11-13-22(14-12-20)17-6-5-16(15-18(17)23(25)26)19(24)7-10-21-8-3-2-4-9-21/h5-6,15H,2-4,7-14H2,1H3. The van der Waals surface area contributed by atoms with Crippen molar-refractivity contribution in [3.05, 3.63) is 33.9 Å². The van der Waals surface area contributed by atoms with E-state index in [0.29, 0.717) is 17.7 Å². The van der Waals surface area contributed by atoms with Gasteiger partial charge in [0.1, 0.15) is 5.69 Å². The van der Waals surface area contributed by atoms with Crippen molar-refractivity contribution in [2.45, 2.75) is 25.7 Å². The van der Waals surface area contributed by atoms with Crippen molar-refractivity contribution in [2.75, 3.05) is 57.8 Å². The normalized spacial score (nSPS) is 19.5. The van der Waals surface area contributed by atoms with Crippen molar-refractivity contribution >= 4 is 17.2 Å². The molecule has 0 radical (unpaired) electrons. The van der Waals surface area contributed by atoms with Gasteiger partial charge in [-0.25, -0.2) is 0 Å². The third-order valence-corrected chi connectivity index (χ3v) is 5.44. The highest BCUT2D eigenvalue weighted by atomic mass is 16.6. The van der Waals surface area contributed by atoms with Crippen LogP contribution in [0.3, 0.4) is 0 Å². The smallest absolute Gasteiger partial charge is 0.293 e. The van der Waals surface area contributed by atoms with E-state index in [0.717, 1.165) is 45.8 Å². The molecular weight excluding hydrogens is 332 g/mol. The monoisotopic (exact) mass is 360 g/mol. The van der Waals surface area contributed by atoms with Crippen LogP contribution in [-0.4, -0.2) is 73.4 Å². The first-order valence-electron chi connectivity index (χ1n) is 9.52. The van der Waals surface area contributed by atoms with Gasteiger partial charge in [0.15, 0.2) is 5.78 Å². The van der Waals surface area contributed by atoms with Gasteiger partial charge < -0.3 is 14.7 Å². The summed E-state index contributed by atoms with van der Waals surface area (Å²) < 4.78 is 0. The van der Waals surface area contributed by atoms with E-state index in [2.05, 4.69) is 16.8 Å². The molecule has 2 aliphatic heterocycles. The molecular formula is C19H28N4O3. The largest absolute Gasteiger partial charge is 0.363 e. The zero-order valence-electron chi connectivity index (χ0n) is 15.5. The number of Topliss-reactive ketones (excluding diaryl/α,β-unsaturated/α-hetero) is 1. The lowest BCUT2D eigenvalue weighted by atomic mass is 10.0. The average molecular weight is 360 g/mol. The summed E-state index contributed by atoms with van der Waals surface area (Å²) in [6, 6.07) is 4.96. The van der Waals surface area contributed by atoms with Crippen LogP contribution in [0.25, 0.3) is 0 Å². The highest BCUT2D eigenvalue weighted by Crippen LogP contribution is 2.30. The number of ketones is 1. The molecule has 1 aromatic carbocycles. The molecule has 0 spiro atoms. The molecule has 0 saturated carbocycles. The van der Waals surface area contributed by atoms with E-state index < -0.39 is 0 Å². The first-order valence-corrected chi connectivity index (χ1v) is 9.52. The van der Waals surface area contributed by atoms with E-state index in [-0.39, 0.29) is 16.4 Å². The minimum Gasteiger partial charge on any atom is -0.363 e. The number of likely N-dealkylation sites (N-methyl/N-ethyl adjacent to an activating group) is 1. The fourth-order valence-electron chi connectivity index (χ4n) is 3.74. The summed E-state index contributed by atoms with van der Waals surface area (Å²) in [7, 11) is 2.05. The van der Waals surface area contributed by atoms with Crippen LogP contribution in [0.5, 0.6) is 0 Å². The number of nitro groups is 1. The molecule has 3 rings (SSSR count). The number of rotatable bonds is 6. The molecule has 7 heteroatoms. The molecule has 0 aliphatic carbocycles. The molecule has 2 saturated heterocycles. The average Bonchev–Trinajstić information content (AvgIpc) is 2.67. The second kappa shape index (κ2) is 8.60. The maximum atomic E-state index is 12.5. The molecule has 7 nitrogen and oxygen atoms in total. The van der Waals surface area contributed by atoms with E-state index in [1.807, 2.05) is 4.90 Å². The van der Waals surface area contributed by atoms with Gasteiger partial charge >= 0.3 is 0 Å². The Hall–Kier alpha value is -1.99. The van der Waals surface area contributed by atoms with Crippen molar-refractivity contribution in [3.8, 4) is 0 Å². The van der Waals surface area contributed by atoms with Gasteiger partial charge in [-0.3, -0.25) is 14.9 Å². The summed E-state index contributed by atoms with van der Waals surface area (Å²) in [4.78, 5) is 30.3. The summed E-state index contributed by atoms with van der Waals surface area (Å²) in [6.45, 7) is 6.14. The number of hydrogen-bond acceptors (Lipinski definition) is 6. The Bertz CT molecular complexity index is 650. The van der Waals surface area contributed by atoms with Gasteiger partial charge in [-0.2, -0.15) is 0 Å². The van der Waals surface area contributed by atoms with Gasteiger partial charge in [-0.15, -0.1) is 0 Å². The quantitative estimate of drug-likeness (QED) is 0.441. The molecule has 2 heterocycles. The maximum absolute atomic E-state index is 12.5.